The fourth-order valence-electron chi connectivity index (χ4n) is 1.79. The third kappa shape index (κ3) is 2.70. The van der Waals surface area contributed by atoms with Crippen LogP contribution in [0.25, 0.3) is 11.3 Å². The summed E-state index contributed by atoms with van der Waals surface area (Å²) in [5.74, 6) is 0.353. The first-order chi connectivity index (χ1) is 9.13. The van der Waals surface area contributed by atoms with Crippen LogP contribution in [0, 0.1) is 0 Å². The summed E-state index contributed by atoms with van der Waals surface area (Å²) in [7, 11) is 1.95. The molecule has 0 aliphatic carbocycles. The van der Waals surface area contributed by atoms with Crippen molar-refractivity contribution in [2.45, 2.75) is 6.92 Å². The van der Waals surface area contributed by atoms with Gasteiger partial charge in [-0.3, -0.25) is 4.79 Å². The van der Waals surface area contributed by atoms with Crippen LogP contribution in [0.3, 0.4) is 0 Å². The second-order valence-corrected chi connectivity index (χ2v) is 4.19. The molecule has 0 fully saturated rings. The number of nitrogens with zero attached hydrogens (tertiary/aromatic N) is 3. The summed E-state index contributed by atoms with van der Waals surface area (Å²) >= 11 is 0. The topological polar surface area (TPSA) is 72.1 Å². The lowest BCUT2D eigenvalue weighted by Crippen LogP contribution is -2.17. The second-order valence-electron chi connectivity index (χ2n) is 4.19. The Balaban J connectivity index is 2.51. The van der Waals surface area contributed by atoms with Crippen molar-refractivity contribution in [3.63, 3.8) is 0 Å². The zero-order valence-electron chi connectivity index (χ0n) is 11.0. The molecule has 2 N–H and O–H groups in total. The Kier molecular flexibility index (Phi) is 3.75. The Labute approximate surface area is 112 Å². The number of primary amides is 1. The van der Waals surface area contributed by atoms with E-state index in [2.05, 4.69) is 9.97 Å². The largest absolute Gasteiger partial charge is 0.366 e. The van der Waals surface area contributed by atoms with E-state index in [-0.39, 0.29) is 0 Å². The molecule has 0 saturated carbocycles. The summed E-state index contributed by atoms with van der Waals surface area (Å²) in [6.45, 7) is 2.88. The molecular formula is C14H16N4O. The van der Waals surface area contributed by atoms with Crippen LogP contribution in [0.1, 0.15) is 17.3 Å². The van der Waals surface area contributed by atoms with E-state index in [1.807, 2.05) is 37.1 Å². The van der Waals surface area contributed by atoms with Gasteiger partial charge in [0, 0.05) is 30.8 Å². The molecule has 0 spiro atoms. The second kappa shape index (κ2) is 5.48. The van der Waals surface area contributed by atoms with Crippen LogP contribution in [-0.2, 0) is 0 Å². The van der Waals surface area contributed by atoms with E-state index >= 15 is 0 Å². The summed E-state index contributed by atoms with van der Waals surface area (Å²) in [6.07, 6.45) is 1.49. The molecule has 0 unspecified atom stereocenters. The van der Waals surface area contributed by atoms with Crippen molar-refractivity contribution in [1.82, 2.24) is 9.97 Å². The maximum Gasteiger partial charge on any atom is 0.249 e. The van der Waals surface area contributed by atoms with E-state index in [0.717, 1.165) is 17.9 Å². The van der Waals surface area contributed by atoms with Crippen molar-refractivity contribution >= 4 is 11.7 Å². The van der Waals surface area contributed by atoms with Crippen molar-refractivity contribution in [2.75, 3.05) is 18.5 Å². The number of benzene rings is 1. The van der Waals surface area contributed by atoms with Crippen molar-refractivity contribution in [1.29, 1.82) is 0 Å². The van der Waals surface area contributed by atoms with Gasteiger partial charge >= 0.3 is 0 Å². The molecule has 0 bridgehead atoms. The summed E-state index contributed by atoms with van der Waals surface area (Å²) < 4.78 is 0. The number of carbonyl (C=O) groups excluding carboxylic acids is 1. The molecule has 5 nitrogen and oxygen atoms in total. The van der Waals surface area contributed by atoms with Gasteiger partial charge in [-0.25, -0.2) is 9.97 Å². The number of carbonyl (C=O) groups is 1. The summed E-state index contributed by atoms with van der Waals surface area (Å²) in [6, 6.07) is 9.02. The maximum absolute atomic E-state index is 11.4. The number of rotatable bonds is 4. The highest BCUT2D eigenvalue weighted by molar-refractivity contribution is 5.99. The summed E-state index contributed by atoms with van der Waals surface area (Å²) in [4.78, 5) is 21.9. The molecule has 19 heavy (non-hydrogen) atoms. The lowest BCUT2D eigenvalue weighted by atomic mass is 10.0. The molecule has 2 aromatic rings. The van der Waals surface area contributed by atoms with E-state index in [0.29, 0.717) is 11.3 Å². The van der Waals surface area contributed by atoms with Gasteiger partial charge in [0.1, 0.15) is 12.1 Å². The average molecular weight is 256 g/mol. The minimum Gasteiger partial charge on any atom is -0.366 e. The first-order valence-electron chi connectivity index (χ1n) is 6.06. The first-order valence-corrected chi connectivity index (χ1v) is 6.06. The Morgan fingerprint density at radius 1 is 1.32 bits per heavy atom. The molecule has 1 aromatic carbocycles. The van der Waals surface area contributed by atoms with Gasteiger partial charge in [-0.05, 0) is 13.0 Å². The zero-order valence-corrected chi connectivity index (χ0v) is 11.0. The van der Waals surface area contributed by atoms with E-state index < -0.39 is 5.91 Å². The first kappa shape index (κ1) is 13.0. The standard InChI is InChI=1S/C14H16N4O/c1-3-18(2)13-8-12(16-9-17-13)10-6-4-5-7-11(10)14(15)19/h4-9H,3H2,1-2H3,(H2,15,19). The van der Waals surface area contributed by atoms with Gasteiger partial charge in [0.15, 0.2) is 0 Å². The molecule has 2 rings (SSSR count). The quantitative estimate of drug-likeness (QED) is 0.903. The Bertz CT molecular complexity index is 598. The number of hydrogen-bond donors (Lipinski definition) is 1. The van der Waals surface area contributed by atoms with E-state index in [4.69, 9.17) is 5.73 Å². The highest BCUT2D eigenvalue weighted by atomic mass is 16.1. The molecule has 1 amide bonds. The summed E-state index contributed by atoms with van der Waals surface area (Å²) in [5.41, 5.74) is 7.27. The molecule has 0 saturated heterocycles. The fourth-order valence-corrected chi connectivity index (χ4v) is 1.79. The molecule has 1 heterocycles. The number of aromatic nitrogens is 2. The molecular weight excluding hydrogens is 240 g/mol. The van der Waals surface area contributed by atoms with Crippen LogP contribution in [0.2, 0.25) is 0 Å². The predicted octanol–water partition coefficient (Wildman–Crippen LogP) is 1.70. The van der Waals surface area contributed by atoms with Gasteiger partial charge in [-0.1, -0.05) is 18.2 Å². The Morgan fingerprint density at radius 3 is 2.74 bits per heavy atom. The minimum absolute atomic E-state index is 0.459. The van der Waals surface area contributed by atoms with E-state index in [9.17, 15) is 4.79 Å². The van der Waals surface area contributed by atoms with Gasteiger partial charge in [0.2, 0.25) is 5.91 Å². The predicted molar refractivity (Wildman–Crippen MR) is 74.9 cm³/mol. The van der Waals surface area contributed by atoms with Crippen molar-refractivity contribution in [3.05, 3.63) is 42.2 Å². The van der Waals surface area contributed by atoms with Crippen molar-refractivity contribution in [3.8, 4) is 11.3 Å². The number of nitrogens with two attached hydrogens (primary N) is 1. The van der Waals surface area contributed by atoms with Crippen LogP contribution >= 0.6 is 0 Å². The van der Waals surface area contributed by atoms with Crippen LogP contribution in [0.5, 0.6) is 0 Å². The number of hydrogen-bond acceptors (Lipinski definition) is 4. The molecule has 0 aliphatic heterocycles. The zero-order chi connectivity index (χ0) is 13.8. The highest BCUT2D eigenvalue weighted by Gasteiger charge is 2.11. The third-order valence-corrected chi connectivity index (χ3v) is 2.99. The maximum atomic E-state index is 11.4. The summed E-state index contributed by atoms with van der Waals surface area (Å²) in [5, 5.41) is 0. The van der Waals surface area contributed by atoms with E-state index in [1.165, 1.54) is 6.33 Å². The van der Waals surface area contributed by atoms with Gasteiger partial charge in [0.05, 0.1) is 5.69 Å². The molecule has 1 aromatic heterocycles. The highest BCUT2D eigenvalue weighted by Crippen LogP contribution is 2.23. The number of amides is 1. The molecule has 98 valence electrons. The Morgan fingerprint density at radius 2 is 2.05 bits per heavy atom. The third-order valence-electron chi connectivity index (χ3n) is 2.99. The van der Waals surface area contributed by atoms with E-state index in [1.54, 1.807) is 12.1 Å². The lowest BCUT2D eigenvalue weighted by Gasteiger charge is -2.16. The van der Waals surface area contributed by atoms with Crippen molar-refractivity contribution < 1.29 is 4.79 Å². The SMILES string of the molecule is CCN(C)c1cc(-c2ccccc2C(N)=O)ncn1. The fraction of sp³-hybridized carbons (Fsp3) is 0.214. The van der Waals surface area contributed by atoms with Crippen molar-refractivity contribution in [2.24, 2.45) is 5.73 Å². The molecule has 0 aliphatic rings. The normalized spacial score (nSPS) is 10.2. The monoisotopic (exact) mass is 256 g/mol. The van der Waals surface area contributed by atoms with Crippen LogP contribution in [0.4, 0.5) is 5.82 Å². The van der Waals surface area contributed by atoms with Crippen LogP contribution in [0.15, 0.2) is 36.7 Å². The molecule has 0 radical (unpaired) electrons. The Hall–Kier alpha value is -2.43. The van der Waals surface area contributed by atoms with Gasteiger partial charge < -0.3 is 10.6 Å². The smallest absolute Gasteiger partial charge is 0.249 e. The van der Waals surface area contributed by atoms with Gasteiger partial charge in [-0.15, -0.1) is 0 Å². The number of anilines is 1. The lowest BCUT2D eigenvalue weighted by molar-refractivity contribution is 0.100. The van der Waals surface area contributed by atoms with Gasteiger partial charge in [-0.2, -0.15) is 0 Å². The average Bonchev–Trinajstić information content (AvgIpc) is 2.46. The van der Waals surface area contributed by atoms with Crippen LogP contribution in [-0.4, -0.2) is 29.5 Å². The van der Waals surface area contributed by atoms with Crippen LogP contribution < -0.4 is 10.6 Å². The molecule has 0 atom stereocenters. The molecule has 5 heteroatoms. The van der Waals surface area contributed by atoms with Gasteiger partial charge in [0.25, 0.3) is 0 Å². The minimum atomic E-state index is -0.459.